The number of alkyl halides is 3. The number of carboxylic acids is 1. The second kappa shape index (κ2) is 9.30. The van der Waals surface area contributed by atoms with Gasteiger partial charge in [0.25, 0.3) is 5.91 Å². The first-order valence-electron chi connectivity index (χ1n) is 11.8. The summed E-state index contributed by atoms with van der Waals surface area (Å²) in [6, 6.07) is 7.62. The smallest absolute Gasteiger partial charge is 0.416 e. The quantitative estimate of drug-likeness (QED) is 0.263. The number of carboxylic acid groups (broad SMARTS) is 1. The average Bonchev–Trinajstić information content (AvgIpc) is 3.35. The van der Waals surface area contributed by atoms with Gasteiger partial charge < -0.3 is 14.9 Å². The minimum Gasteiger partial charge on any atom is -0.477 e. The number of hydrogen-bond acceptors (Lipinski definition) is 5. The maximum absolute atomic E-state index is 13.5. The third-order valence-electron chi connectivity index (χ3n) is 7.27. The van der Waals surface area contributed by atoms with E-state index >= 15 is 0 Å². The Bertz CT molecular complexity index is 1380. The highest BCUT2D eigenvalue weighted by molar-refractivity contribution is 6.18. The van der Waals surface area contributed by atoms with E-state index in [9.17, 15) is 37.5 Å². The van der Waals surface area contributed by atoms with E-state index in [-0.39, 0.29) is 36.3 Å². The number of benzene rings is 2. The van der Waals surface area contributed by atoms with Gasteiger partial charge >= 0.3 is 12.1 Å². The Kier molecular flexibility index (Phi) is 6.59. The van der Waals surface area contributed by atoms with Crippen LogP contribution in [-0.4, -0.2) is 48.3 Å². The summed E-state index contributed by atoms with van der Waals surface area (Å²) < 4.78 is 40.4. The van der Waals surface area contributed by atoms with Crippen molar-refractivity contribution in [1.29, 1.82) is 0 Å². The first kappa shape index (κ1) is 26.9. The van der Waals surface area contributed by atoms with Gasteiger partial charge in [-0.15, -0.1) is 0 Å². The van der Waals surface area contributed by atoms with Crippen LogP contribution in [0.4, 0.5) is 24.5 Å². The van der Waals surface area contributed by atoms with Crippen molar-refractivity contribution in [3.05, 3.63) is 70.4 Å². The summed E-state index contributed by atoms with van der Waals surface area (Å²) in [6.45, 7) is 3.55. The summed E-state index contributed by atoms with van der Waals surface area (Å²) in [6.07, 6.45) is -3.37. The van der Waals surface area contributed by atoms with E-state index < -0.39 is 40.6 Å². The Morgan fingerprint density at radius 1 is 1.18 bits per heavy atom. The highest BCUT2D eigenvalue weighted by atomic mass is 19.4. The molecule has 2 aromatic carbocycles. The Balaban J connectivity index is 1.67. The second-order valence-electron chi connectivity index (χ2n) is 9.89. The molecule has 0 saturated carbocycles. The van der Waals surface area contributed by atoms with E-state index in [0.29, 0.717) is 16.3 Å². The van der Waals surface area contributed by atoms with Gasteiger partial charge in [0.1, 0.15) is 5.57 Å². The summed E-state index contributed by atoms with van der Waals surface area (Å²) in [4.78, 5) is 53.5. The number of nitrogens with zero attached hydrogens (tertiary/aromatic N) is 3. The van der Waals surface area contributed by atoms with Crippen molar-refractivity contribution in [2.24, 2.45) is 0 Å². The van der Waals surface area contributed by atoms with Crippen LogP contribution in [0.3, 0.4) is 0 Å². The first-order chi connectivity index (χ1) is 17.7. The lowest BCUT2D eigenvalue weighted by Gasteiger charge is -2.25. The molecule has 11 heteroatoms. The minimum atomic E-state index is -4.60. The minimum absolute atomic E-state index is 0.0112. The van der Waals surface area contributed by atoms with Crippen molar-refractivity contribution >= 4 is 35.6 Å². The summed E-state index contributed by atoms with van der Waals surface area (Å²) in [5.74, 6) is -2.85. The van der Waals surface area contributed by atoms with Crippen LogP contribution in [-0.2, 0) is 37.2 Å². The molecule has 1 aliphatic carbocycles. The van der Waals surface area contributed by atoms with Crippen LogP contribution in [0.15, 0.2) is 48.2 Å². The highest BCUT2D eigenvalue weighted by Gasteiger charge is 2.43. The number of rotatable bonds is 6. The molecule has 0 saturated heterocycles. The number of carbonyl (C=O) groups is 4. The largest absolute Gasteiger partial charge is 0.477 e. The molecule has 1 N–H and O–H groups in total. The van der Waals surface area contributed by atoms with Crippen molar-refractivity contribution in [2.45, 2.75) is 44.3 Å². The number of anilines is 2. The number of imide groups is 1. The van der Waals surface area contributed by atoms with E-state index in [0.717, 1.165) is 17.8 Å². The lowest BCUT2D eigenvalue weighted by molar-refractivity contribution is -0.142. The zero-order valence-corrected chi connectivity index (χ0v) is 21.2. The fraction of sp³-hybridized carbons (Fsp3) is 0.333. The molecule has 1 unspecified atom stereocenters. The van der Waals surface area contributed by atoms with Crippen LogP contribution in [0.5, 0.6) is 0 Å². The Morgan fingerprint density at radius 3 is 2.47 bits per heavy atom. The first-order valence-corrected chi connectivity index (χ1v) is 11.8. The van der Waals surface area contributed by atoms with Gasteiger partial charge in [-0.25, -0.2) is 4.79 Å². The van der Waals surface area contributed by atoms with E-state index in [1.54, 1.807) is 39.1 Å². The summed E-state index contributed by atoms with van der Waals surface area (Å²) >= 11 is 0. The van der Waals surface area contributed by atoms with Crippen LogP contribution < -0.4 is 9.80 Å². The number of amides is 3. The normalized spacial score (nSPS) is 18.2. The van der Waals surface area contributed by atoms with E-state index in [4.69, 9.17) is 0 Å². The van der Waals surface area contributed by atoms with Gasteiger partial charge in [0.05, 0.1) is 17.0 Å². The molecule has 3 amide bonds. The molecule has 2 aromatic rings. The van der Waals surface area contributed by atoms with E-state index in [1.165, 1.54) is 29.0 Å². The molecule has 200 valence electrons. The standard InChI is InChI=1S/C27H26F3N3O5/c1-26(2)20-12-15(8-10-22(20)32(4)25(26)38)31(3)13-18(24(36)37)23(35)33(14-34)21-11-9-16-17(21)6-5-7-19(16)27(28,29)30/h5-8,10,12-14,21H,9,11H2,1-4H3,(H,36,37)/b18-13+. The van der Waals surface area contributed by atoms with Crippen molar-refractivity contribution in [3.63, 3.8) is 0 Å². The number of aliphatic carboxylic acids is 1. The molecular weight excluding hydrogens is 503 g/mol. The Hall–Kier alpha value is -4.15. The molecule has 2 aliphatic rings. The number of likely N-dealkylation sites (N-methyl/N-ethyl adjacent to an activating group) is 1. The maximum atomic E-state index is 13.5. The van der Waals surface area contributed by atoms with Crippen LogP contribution in [0, 0.1) is 0 Å². The van der Waals surface area contributed by atoms with Crippen molar-refractivity contribution in [2.75, 3.05) is 23.9 Å². The van der Waals surface area contributed by atoms with Crippen molar-refractivity contribution < 1.29 is 37.5 Å². The predicted molar refractivity (Wildman–Crippen MR) is 132 cm³/mol. The van der Waals surface area contributed by atoms with Gasteiger partial charge in [0, 0.05) is 31.7 Å². The number of hydrogen-bond donors (Lipinski definition) is 1. The van der Waals surface area contributed by atoms with Gasteiger partial charge in [0.15, 0.2) is 0 Å². The molecule has 4 rings (SSSR count). The molecule has 0 radical (unpaired) electrons. The van der Waals surface area contributed by atoms with E-state index in [1.807, 2.05) is 0 Å². The molecule has 1 atom stereocenters. The van der Waals surface area contributed by atoms with Gasteiger partial charge in [-0.3, -0.25) is 19.3 Å². The molecule has 1 heterocycles. The lowest BCUT2D eigenvalue weighted by Crippen LogP contribution is -2.36. The number of carbonyl (C=O) groups excluding carboxylic acids is 3. The van der Waals surface area contributed by atoms with Crippen molar-refractivity contribution in [3.8, 4) is 0 Å². The van der Waals surface area contributed by atoms with Crippen LogP contribution in [0.25, 0.3) is 0 Å². The molecular formula is C27H26F3N3O5. The SMILES string of the molecule is CN(/C=C(/C(=O)O)C(=O)N(C=O)C1CCc2c1cccc2C(F)(F)F)c1ccc2c(c1)C(C)(C)C(=O)N2C. The van der Waals surface area contributed by atoms with E-state index in [2.05, 4.69) is 0 Å². The molecule has 8 nitrogen and oxygen atoms in total. The maximum Gasteiger partial charge on any atom is 0.416 e. The fourth-order valence-electron chi connectivity index (χ4n) is 5.24. The molecule has 0 bridgehead atoms. The van der Waals surface area contributed by atoms with Gasteiger partial charge in [-0.1, -0.05) is 12.1 Å². The predicted octanol–water partition coefficient (Wildman–Crippen LogP) is 4.04. The van der Waals surface area contributed by atoms with Gasteiger partial charge in [-0.2, -0.15) is 13.2 Å². The van der Waals surface area contributed by atoms with Crippen LogP contribution >= 0.6 is 0 Å². The Labute approximate surface area is 216 Å². The molecule has 0 fully saturated rings. The molecule has 0 aromatic heterocycles. The van der Waals surface area contributed by atoms with Crippen LogP contribution in [0.2, 0.25) is 0 Å². The topological polar surface area (TPSA) is 98.2 Å². The van der Waals surface area contributed by atoms with Gasteiger partial charge in [-0.05, 0) is 67.6 Å². The monoisotopic (exact) mass is 529 g/mol. The van der Waals surface area contributed by atoms with Crippen molar-refractivity contribution in [1.82, 2.24) is 4.90 Å². The summed E-state index contributed by atoms with van der Waals surface area (Å²) in [5.41, 5.74) is -0.318. The summed E-state index contributed by atoms with van der Waals surface area (Å²) in [7, 11) is 3.17. The average molecular weight is 530 g/mol. The molecule has 0 spiro atoms. The third-order valence-corrected chi connectivity index (χ3v) is 7.27. The molecule has 38 heavy (non-hydrogen) atoms. The lowest BCUT2D eigenvalue weighted by atomic mass is 9.86. The van der Waals surface area contributed by atoms with Crippen LogP contribution in [0.1, 0.15) is 48.6 Å². The molecule has 1 aliphatic heterocycles. The number of fused-ring (bicyclic) bond motifs is 2. The zero-order valence-electron chi connectivity index (χ0n) is 21.2. The second-order valence-corrected chi connectivity index (χ2v) is 9.89. The zero-order chi connectivity index (χ0) is 28.2. The Morgan fingerprint density at radius 2 is 1.87 bits per heavy atom. The highest BCUT2D eigenvalue weighted by Crippen LogP contribution is 2.44. The summed E-state index contributed by atoms with van der Waals surface area (Å²) in [5, 5.41) is 9.82. The fourth-order valence-corrected chi connectivity index (χ4v) is 5.24. The number of halogens is 3. The third kappa shape index (κ3) is 4.31. The van der Waals surface area contributed by atoms with Gasteiger partial charge in [0.2, 0.25) is 12.3 Å².